The lowest BCUT2D eigenvalue weighted by Gasteiger charge is -2.07. The van der Waals surface area contributed by atoms with Gasteiger partial charge in [0, 0.05) is 11.4 Å². The molecule has 0 unspecified atom stereocenters. The second-order valence-electron chi connectivity index (χ2n) is 5.75. The van der Waals surface area contributed by atoms with Gasteiger partial charge in [0.05, 0.1) is 12.8 Å². The van der Waals surface area contributed by atoms with Crippen LogP contribution in [0, 0.1) is 6.92 Å². The summed E-state index contributed by atoms with van der Waals surface area (Å²) in [5.74, 6) is 0.583. The topological polar surface area (TPSA) is 63.2 Å². The van der Waals surface area contributed by atoms with Crippen molar-refractivity contribution in [3.05, 3.63) is 64.7 Å². The smallest absolute Gasteiger partial charge is 0.267 e. The summed E-state index contributed by atoms with van der Waals surface area (Å²) in [5, 5.41) is 6.94. The largest absolute Gasteiger partial charge is 0.497 e. The molecule has 0 saturated carbocycles. The Morgan fingerprint density at radius 2 is 1.88 bits per heavy atom. The van der Waals surface area contributed by atoms with Crippen molar-refractivity contribution in [2.24, 2.45) is 0 Å². The molecule has 0 atom stereocenters. The predicted molar refractivity (Wildman–Crippen MR) is 107 cm³/mol. The van der Waals surface area contributed by atoms with Crippen LogP contribution in [0.2, 0.25) is 0 Å². The standard InChI is InChI=1S/C20H21N3O2S/c1-4-14-7-5-6-8-17(14)23-20-21-13(2)18(26-20)19(24)22-15-9-11-16(25-3)12-10-15/h5-12H,4H2,1-3H3,(H,21,23)(H,22,24). The van der Waals surface area contributed by atoms with Gasteiger partial charge in [-0.3, -0.25) is 4.79 Å². The minimum atomic E-state index is -0.165. The lowest BCUT2D eigenvalue weighted by molar-refractivity contribution is 0.103. The van der Waals surface area contributed by atoms with Crippen LogP contribution < -0.4 is 15.4 Å². The second-order valence-corrected chi connectivity index (χ2v) is 6.75. The maximum Gasteiger partial charge on any atom is 0.267 e. The molecule has 0 bridgehead atoms. The van der Waals surface area contributed by atoms with Crippen molar-refractivity contribution in [3.63, 3.8) is 0 Å². The van der Waals surface area contributed by atoms with Crippen molar-refractivity contribution in [3.8, 4) is 5.75 Å². The lowest BCUT2D eigenvalue weighted by atomic mass is 10.1. The Hall–Kier alpha value is -2.86. The Bertz CT molecular complexity index is 904. The zero-order chi connectivity index (χ0) is 18.5. The van der Waals surface area contributed by atoms with Crippen LogP contribution in [0.25, 0.3) is 0 Å². The van der Waals surface area contributed by atoms with Gasteiger partial charge in [0.25, 0.3) is 5.91 Å². The summed E-state index contributed by atoms with van der Waals surface area (Å²) >= 11 is 1.35. The van der Waals surface area contributed by atoms with Gasteiger partial charge in [-0.1, -0.05) is 36.5 Å². The first-order valence-corrected chi connectivity index (χ1v) is 9.20. The van der Waals surface area contributed by atoms with Crippen LogP contribution in [-0.2, 0) is 6.42 Å². The molecule has 6 heteroatoms. The Kier molecular flexibility index (Phi) is 5.53. The number of nitrogens with zero attached hydrogens (tertiary/aromatic N) is 1. The maximum absolute atomic E-state index is 12.6. The highest BCUT2D eigenvalue weighted by Crippen LogP contribution is 2.28. The number of aryl methyl sites for hydroxylation is 2. The van der Waals surface area contributed by atoms with Crippen molar-refractivity contribution in [1.82, 2.24) is 4.98 Å². The number of rotatable bonds is 6. The average Bonchev–Trinajstić information content (AvgIpc) is 3.03. The zero-order valence-electron chi connectivity index (χ0n) is 15.0. The molecule has 0 fully saturated rings. The Balaban J connectivity index is 1.75. The summed E-state index contributed by atoms with van der Waals surface area (Å²) < 4.78 is 5.13. The third-order valence-corrected chi connectivity index (χ3v) is 5.06. The van der Waals surface area contributed by atoms with Gasteiger partial charge in [-0.15, -0.1) is 0 Å². The summed E-state index contributed by atoms with van der Waals surface area (Å²) in [6.45, 7) is 3.96. The molecule has 0 aliphatic heterocycles. The monoisotopic (exact) mass is 367 g/mol. The van der Waals surface area contributed by atoms with E-state index in [1.54, 1.807) is 7.11 Å². The molecule has 0 saturated heterocycles. The van der Waals surface area contributed by atoms with Crippen molar-refractivity contribution < 1.29 is 9.53 Å². The number of carbonyl (C=O) groups is 1. The minimum Gasteiger partial charge on any atom is -0.497 e. The number of ether oxygens (including phenoxy) is 1. The number of hydrogen-bond donors (Lipinski definition) is 2. The van der Waals surface area contributed by atoms with E-state index in [2.05, 4.69) is 28.6 Å². The van der Waals surface area contributed by atoms with Crippen molar-refractivity contribution in [1.29, 1.82) is 0 Å². The van der Waals surface area contributed by atoms with Gasteiger partial charge in [-0.25, -0.2) is 4.98 Å². The van der Waals surface area contributed by atoms with Crippen LogP contribution in [0.1, 0.15) is 27.9 Å². The number of carbonyl (C=O) groups excluding carboxylic acids is 1. The third-order valence-electron chi connectivity index (χ3n) is 3.99. The van der Waals surface area contributed by atoms with Crippen LogP contribution in [0.4, 0.5) is 16.5 Å². The molecule has 3 rings (SSSR count). The number of methoxy groups -OCH3 is 1. The van der Waals surface area contributed by atoms with Gasteiger partial charge in [-0.05, 0) is 49.2 Å². The van der Waals surface area contributed by atoms with Gasteiger partial charge in [0.1, 0.15) is 10.6 Å². The molecule has 0 radical (unpaired) electrons. The summed E-state index contributed by atoms with van der Waals surface area (Å²) in [6, 6.07) is 15.3. The van der Waals surface area contributed by atoms with Gasteiger partial charge in [0.15, 0.2) is 5.13 Å². The molecule has 0 aliphatic carbocycles. The van der Waals surface area contributed by atoms with E-state index in [9.17, 15) is 4.79 Å². The first-order chi connectivity index (χ1) is 12.6. The summed E-state index contributed by atoms with van der Waals surface area (Å²) in [7, 11) is 1.61. The van der Waals surface area contributed by atoms with E-state index in [4.69, 9.17) is 4.74 Å². The van der Waals surface area contributed by atoms with Gasteiger partial charge in [0.2, 0.25) is 0 Å². The van der Waals surface area contributed by atoms with E-state index in [0.29, 0.717) is 15.7 Å². The van der Waals surface area contributed by atoms with Gasteiger partial charge >= 0.3 is 0 Å². The Morgan fingerprint density at radius 3 is 2.58 bits per heavy atom. The highest BCUT2D eigenvalue weighted by Gasteiger charge is 2.16. The van der Waals surface area contributed by atoms with E-state index in [0.717, 1.165) is 23.5 Å². The fourth-order valence-electron chi connectivity index (χ4n) is 2.59. The number of para-hydroxylation sites is 1. The first-order valence-electron chi connectivity index (χ1n) is 8.38. The number of thiazole rings is 1. The summed E-state index contributed by atoms with van der Waals surface area (Å²) in [5.41, 5.74) is 3.65. The molecule has 0 spiro atoms. The molecular weight excluding hydrogens is 346 g/mol. The average molecular weight is 367 g/mol. The molecule has 2 aromatic carbocycles. The van der Waals surface area contributed by atoms with E-state index in [1.165, 1.54) is 16.9 Å². The molecule has 26 heavy (non-hydrogen) atoms. The second kappa shape index (κ2) is 8.01. The molecule has 2 N–H and O–H groups in total. The van der Waals surface area contributed by atoms with Gasteiger partial charge in [-0.2, -0.15) is 0 Å². The summed E-state index contributed by atoms with van der Waals surface area (Å²) in [6.07, 6.45) is 0.929. The van der Waals surface area contributed by atoms with Crippen LogP contribution in [0.15, 0.2) is 48.5 Å². The highest BCUT2D eigenvalue weighted by molar-refractivity contribution is 7.17. The molecule has 3 aromatic rings. The van der Waals surface area contributed by atoms with E-state index in [-0.39, 0.29) is 5.91 Å². The number of nitrogens with one attached hydrogen (secondary N) is 2. The van der Waals surface area contributed by atoms with Gasteiger partial charge < -0.3 is 15.4 Å². The Morgan fingerprint density at radius 1 is 1.15 bits per heavy atom. The van der Waals surface area contributed by atoms with Crippen LogP contribution in [-0.4, -0.2) is 18.0 Å². The minimum absolute atomic E-state index is 0.165. The van der Waals surface area contributed by atoms with Crippen LogP contribution in [0.3, 0.4) is 0 Å². The van der Waals surface area contributed by atoms with Crippen LogP contribution >= 0.6 is 11.3 Å². The van der Waals surface area contributed by atoms with Crippen molar-refractivity contribution in [2.75, 3.05) is 17.7 Å². The third kappa shape index (κ3) is 4.03. The molecule has 5 nitrogen and oxygen atoms in total. The fourth-order valence-corrected chi connectivity index (χ4v) is 3.46. The molecular formula is C20H21N3O2S. The first kappa shape index (κ1) is 17.9. The SMILES string of the molecule is CCc1ccccc1Nc1nc(C)c(C(=O)Nc2ccc(OC)cc2)s1. The van der Waals surface area contributed by atoms with Crippen molar-refractivity contribution in [2.45, 2.75) is 20.3 Å². The van der Waals surface area contributed by atoms with E-state index < -0.39 is 0 Å². The number of aromatic nitrogens is 1. The molecule has 1 amide bonds. The van der Waals surface area contributed by atoms with E-state index in [1.807, 2.05) is 49.4 Å². The Labute approximate surface area is 157 Å². The predicted octanol–water partition coefficient (Wildman–Crippen LogP) is 5.02. The highest BCUT2D eigenvalue weighted by atomic mass is 32.1. The number of anilines is 3. The molecule has 0 aliphatic rings. The quantitative estimate of drug-likeness (QED) is 0.642. The molecule has 134 valence electrons. The maximum atomic E-state index is 12.6. The lowest BCUT2D eigenvalue weighted by Crippen LogP contribution is -2.11. The number of amides is 1. The normalized spacial score (nSPS) is 10.4. The summed E-state index contributed by atoms with van der Waals surface area (Å²) in [4.78, 5) is 17.7. The molecule has 1 aromatic heterocycles. The van der Waals surface area contributed by atoms with Crippen molar-refractivity contribution >= 4 is 33.8 Å². The fraction of sp³-hybridized carbons (Fsp3) is 0.200. The zero-order valence-corrected chi connectivity index (χ0v) is 15.8. The number of benzene rings is 2. The number of hydrogen-bond acceptors (Lipinski definition) is 5. The van der Waals surface area contributed by atoms with Crippen LogP contribution in [0.5, 0.6) is 5.75 Å². The molecule has 1 heterocycles. The van der Waals surface area contributed by atoms with E-state index >= 15 is 0 Å².